The Morgan fingerprint density at radius 3 is 2.17 bits per heavy atom. The number of carbonyl (C=O) groups is 2. The maximum absolute atomic E-state index is 12.5. The number of carbonyl (C=O) groups excluding carboxylic acids is 2. The van der Waals surface area contributed by atoms with Gasteiger partial charge in [-0.3, -0.25) is 4.79 Å². The van der Waals surface area contributed by atoms with E-state index >= 15 is 0 Å². The monoisotopic (exact) mass is 339 g/mol. The van der Waals surface area contributed by atoms with Crippen molar-refractivity contribution in [1.29, 1.82) is 0 Å². The zero-order chi connectivity index (χ0) is 16.8. The van der Waals surface area contributed by atoms with Gasteiger partial charge in [-0.05, 0) is 24.3 Å². The van der Waals surface area contributed by atoms with Gasteiger partial charge in [0.25, 0.3) is 5.91 Å². The van der Waals surface area contributed by atoms with Crippen LogP contribution in [0.25, 0.3) is 0 Å². The molecule has 1 heterocycles. The third kappa shape index (κ3) is 4.51. The van der Waals surface area contributed by atoms with Crippen molar-refractivity contribution in [3.8, 4) is 0 Å². The molecule has 0 N–H and O–H groups in total. The molecule has 0 saturated carbocycles. The summed E-state index contributed by atoms with van der Waals surface area (Å²) in [5.41, 5.74) is 1.71. The van der Waals surface area contributed by atoms with Crippen molar-refractivity contribution < 1.29 is 14.3 Å². The Morgan fingerprint density at radius 2 is 1.65 bits per heavy atom. The molecule has 1 aromatic carbocycles. The van der Waals surface area contributed by atoms with Crippen LogP contribution in [0, 0.1) is 0 Å². The molecule has 1 saturated heterocycles. The lowest BCUT2D eigenvalue weighted by molar-refractivity contribution is 0.0572. The first-order chi connectivity index (χ1) is 11.0. The van der Waals surface area contributed by atoms with Gasteiger partial charge in [0.2, 0.25) is 0 Å². The number of piperazine rings is 1. The fourth-order valence-electron chi connectivity index (χ4n) is 2.39. The number of alkyl halides is 1. The van der Waals surface area contributed by atoms with E-state index in [1.807, 2.05) is 43.3 Å². The highest BCUT2D eigenvalue weighted by atomic mass is 35.5. The molecule has 126 valence electrons. The summed E-state index contributed by atoms with van der Waals surface area (Å²) in [4.78, 5) is 29.6. The average Bonchev–Trinajstić information content (AvgIpc) is 2.59. The highest BCUT2D eigenvalue weighted by Gasteiger charge is 2.25. The van der Waals surface area contributed by atoms with E-state index in [1.54, 1.807) is 9.80 Å². The van der Waals surface area contributed by atoms with Crippen LogP contribution in [-0.2, 0) is 4.74 Å². The smallest absolute Gasteiger partial charge is 0.409 e. The summed E-state index contributed by atoms with van der Waals surface area (Å²) in [5.74, 6) is 0.275. The molecular weight excluding hydrogens is 318 g/mol. The molecule has 2 amide bonds. The number of hydrogen-bond acceptors (Lipinski definition) is 4. The summed E-state index contributed by atoms with van der Waals surface area (Å²) in [6, 6.07) is 7.51. The number of anilines is 1. The van der Waals surface area contributed by atoms with Crippen LogP contribution in [0.5, 0.6) is 0 Å². The SMILES string of the molecule is CN(C)c1ccc(C(=O)N2CCN(C(=O)OCCCl)CC2)cc1. The standard InChI is InChI=1S/C16H22ClN3O3/c1-18(2)14-5-3-13(4-6-14)15(21)19-8-10-20(11-9-19)16(22)23-12-7-17/h3-6H,7-12H2,1-2H3. The van der Waals surface area contributed by atoms with Crippen molar-refractivity contribution >= 4 is 29.3 Å². The molecule has 0 aromatic heterocycles. The van der Waals surface area contributed by atoms with Crippen LogP contribution in [0.3, 0.4) is 0 Å². The molecule has 1 aliphatic rings. The van der Waals surface area contributed by atoms with Gasteiger partial charge in [0, 0.05) is 51.5 Å². The third-order valence-electron chi connectivity index (χ3n) is 3.76. The van der Waals surface area contributed by atoms with E-state index in [0.717, 1.165) is 5.69 Å². The fourth-order valence-corrected chi connectivity index (χ4v) is 2.47. The van der Waals surface area contributed by atoms with Gasteiger partial charge in [0.1, 0.15) is 6.61 Å². The van der Waals surface area contributed by atoms with Crippen molar-refractivity contribution in [3.05, 3.63) is 29.8 Å². The Balaban J connectivity index is 1.89. The number of ether oxygens (including phenoxy) is 1. The second kappa shape index (κ2) is 8.06. The second-order valence-electron chi connectivity index (χ2n) is 5.52. The van der Waals surface area contributed by atoms with Crippen molar-refractivity contribution in [3.63, 3.8) is 0 Å². The highest BCUT2D eigenvalue weighted by Crippen LogP contribution is 2.15. The summed E-state index contributed by atoms with van der Waals surface area (Å²) in [6.45, 7) is 2.16. The van der Waals surface area contributed by atoms with Gasteiger partial charge < -0.3 is 19.4 Å². The van der Waals surface area contributed by atoms with Crippen LogP contribution in [-0.4, -0.2) is 74.6 Å². The first kappa shape index (κ1) is 17.4. The molecule has 0 atom stereocenters. The number of halogens is 1. The lowest BCUT2D eigenvalue weighted by Crippen LogP contribution is -2.50. The van der Waals surface area contributed by atoms with Gasteiger partial charge in [-0.15, -0.1) is 11.6 Å². The molecule has 0 unspecified atom stereocenters. The minimum atomic E-state index is -0.368. The molecule has 23 heavy (non-hydrogen) atoms. The minimum Gasteiger partial charge on any atom is -0.448 e. The lowest BCUT2D eigenvalue weighted by atomic mass is 10.1. The summed E-state index contributed by atoms with van der Waals surface area (Å²) in [7, 11) is 3.92. The van der Waals surface area contributed by atoms with E-state index < -0.39 is 0 Å². The molecular formula is C16H22ClN3O3. The van der Waals surface area contributed by atoms with E-state index in [2.05, 4.69) is 0 Å². The molecule has 7 heteroatoms. The average molecular weight is 340 g/mol. The molecule has 0 radical (unpaired) electrons. The van der Waals surface area contributed by atoms with Crippen LogP contribution < -0.4 is 4.90 Å². The van der Waals surface area contributed by atoms with Gasteiger partial charge in [0.15, 0.2) is 0 Å². The molecule has 6 nitrogen and oxygen atoms in total. The van der Waals surface area contributed by atoms with Crippen LogP contribution in [0.15, 0.2) is 24.3 Å². The number of amides is 2. The van der Waals surface area contributed by atoms with Crippen LogP contribution in [0.1, 0.15) is 10.4 Å². The number of rotatable bonds is 4. The summed E-state index contributed by atoms with van der Waals surface area (Å²) in [5, 5.41) is 0. The van der Waals surface area contributed by atoms with Crippen molar-refractivity contribution in [1.82, 2.24) is 9.80 Å². The zero-order valence-electron chi connectivity index (χ0n) is 13.5. The Bertz CT molecular complexity index is 540. The molecule has 1 aromatic rings. The second-order valence-corrected chi connectivity index (χ2v) is 5.90. The largest absolute Gasteiger partial charge is 0.448 e. The summed E-state index contributed by atoms with van der Waals surface area (Å²) in [6.07, 6.45) is -0.368. The van der Waals surface area contributed by atoms with Gasteiger partial charge in [-0.25, -0.2) is 4.79 Å². The Morgan fingerprint density at radius 1 is 1.09 bits per heavy atom. The quantitative estimate of drug-likeness (QED) is 0.786. The van der Waals surface area contributed by atoms with E-state index in [0.29, 0.717) is 31.7 Å². The summed E-state index contributed by atoms with van der Waals surface area (Å²) < 4.78 is 4.99. The zero-order valence-corrected chi connectivity index (χ0v) is 14.3. The summed E-state index contributed by atoms with van der Waals surface area (Å²) >= 11 is 5.50. The Labute approximate surface area is 141 Å². The minimum absolute atomic E-state index is 0.0101. The predicted octanol–water partition coefficient (Wildman–Crippen LogP) is 1.89. The normalized spacial score (nSPS) is 14.6. The fraction of sp³-hybridized carbons (Fsp3) is 0.500. The highest BCUT2D eigenvalue weighted by molar-refractivity contribution is 6.18. The number of benzene rings is 1. The molecule has 2 rings (SSSR count). The first-order valence-corrected chi connectivity index (χ1v) is 8.10. The lowest BCUT2D eigenvalue weighted by Gasteiger charge is -2.34. The maximum atomic E-state index is 12.5. The van der Waals surface area contributed by atoms with E-state index in [1.165, 1.54) is 0 Å². The van der Waals surface area contributed by atoms with Gasteiger partial charge in [-0.1, -0.05) is 0 Å². The van der Waals surface area contributed by atoms with Gasteiger partial charge in [0.05, 0.1) is 5.88 Å². The first-order valence-electron chi connectivity index (χ1n) is 7.57. The van der Waals surface area contributed by atoms with Gasteiger partial charge >= 0.3 is 6.09 Å². The molecule has 1 aliphatic heterocycles. The Hall–Kier alpha value is -1.95. The van der Waals surface area contributed by atoms with E-state index in [9.17, 15) is 9.59 Å². The van der Waals surface area contributed by atoms with E-state index in [-0.39, 0.29) is 24.5 Å². The molecule has 0 spiro atoms. The number of nitrogens with zero attached hydrogens (tertiary/aromatic N) is 3. The topological polar surface area (TPSA) is 53.1 Å². The molecule has 1 fully saturated rings. The molecule has 0 bridgehead atoms. The van der Waals surface area contributed by atoms with Crippen molar-refractivity contribution in [2.45, 2.75) is 0 Å². The third-order valence-corrected chi connectivity index (χ3v) is 3.91. The van der Waals surface area contributed by atoms with Crippen LogP contribution in [0.4, 0.5) is 10.5 Å². The van der Waals surface area contributed by atoms with Crippen LogP contribution in [0.2, 0.25) is 0 Å². The van der Waals surface area contributed by atoms with Gasteiger partial charge in [-0.2, -0.15) is 0 Å². The predicted molar refractivity (Wildman–Crippen MR) is 90.3 cm³/mol. The maximum Gasteiger partial charge on any atom is 0.409 e. The van der Waals surface area contributed by atoms with Crippen LogP contribution >= 0.6 is 11.6 Å². The number of hydrogen-bond donors (Lipinski definition) is 0. The van der Waals surface area contributed by atoms with Crippen molar-refractivity contribution in [2.24, 2.45) is 0 Å². The Kier molecular flexibility index (Phi) is 6.10. The van der Waals surface area contributed by atoms with E-state index in [4.69, 9.17) is 16.3 Å². The molecule has 0 aliphatic carbocycles. The van der Waals surface area contributed by atoms with Crippen molar-refractivity contribution in [2.75, 3.05) is 57.7 Å².